The molecule has 0 aromatic heterocycles. The fourth-order valence-electron chi connectivity index (χ4n) is 3.43. The molecule has 0 aliphatic carbocycles. The third kappa shape index (κ3) is 4.51. The highest BCUT2D eigenvalue weighted by atomic mass is 16.5. The number of likely N-dealkylation sites (tertiary alicyclic amines) is 1. The standard InChI is InChI=1S/C20H26N2O3/c1-25-19-9-5-8-16(20(19)24)11-21-12-17-10-18(23)14-22(17)13-15-6-3-2-4-7-15/h2-9,17-18,21,23-24H,10-14H2,1H3. The Bertz CT molecular complexity index is 678. The van der Waals surface area contributed by atoms with Crippen molar-refractivity contribution in [3.8, 4) is 11.5 Å². The summed E-state index contributed by atoms with van der Waals surface area (Å²) in [4.78, 5) is 2.32. The Balaban J connectivity index is 1.56. The molecule has 3 rings (SSSR count). The molecule has 2 aromatic carbocycles. The van der Waals surface area contributed by atoms with Crippen molar-refractivity contribution < 1.29 is 14.9 Å². The normalized spacial score (nSPS) is 20.7. The fourth-order valence-corrected chi connectivity index (χ4v) is 3.43. The number of benzene rings is 2. The zero-order valence-electron chi connectivity index (χ0n) is 14.6. The molecule has 25 heavy (non-hydrogen) atoms. The van der Waals surface area contributed by atoms with E-state index in [4.69, 9.17) is 4.74 Å². The molecule has 134 valence electrons. The van der Waals surface area contributed by atoms with Crippen molar-refractivity contribution in [1.82, 2.24) is 10.2 Å². The van der Waals surface area contributed by atoms with Gasteiger partial charge >= 0.3 is 0 Å². The van der Waals surface area contributed by atoms with Crippen LogP contribution in [-0.4, -0.2) is 47.5 Å². The van der Waals surface area contributed by atoms with Crippen LogP contribution in [0.2, 0.25) is 0 Å². The first-order valence-electron chi connectivity index (χ1n) is 8.69. The number of ether oxygens (including phenoxy) is 1. The van der Waals surface area contributed by atoms with Crippen molar-refractivity contribution in [2.24, 2.45) is 0 Å². The molecule has 0 amide bonds. The quantitative estimate of drug-likeness (QED) is 0.719. The van der Waals surface area contributed by atoms with Gasteiger partial charge in [0, 0.05) is 37.8 Å². The van der Waals surface area contributed by atoms with E-state index in [9.17, 15) is 10.2 Å². The number of aromatic hydroxyl groups is 1. The molecule has 0 radical (unpaired) electrons. The molecule has 1 aliphatic heterocycles. The van der Waals surface area contributed by atoms with Gasteiger partial charge in [-0.2, -0.15) is 0 Å². The molecule has 5 nitrogen and oxygen atoms in total. The van der Waals surface area contributed by atoms with E-state index in [1.807, 2.05) is 30.3 Å². The number of para-hydroxylation sites is 1. The second-order valence-electron chi connectivity index (χ2n) is 6.56. The van der Waals surface area contributed by atoms with Gasteiger partial charge in [-0.05, 0) is 18.1 Å². The summed E-state index contributed by atoms with van der Waals surface area (Å²) in [5.74, 6) is 0.673. The minimum absolute atomic E-state index is 0.185. The van der Waals surface area contributed by atoms with Crippen molar-refractivity contribution in [3.63, 3.8) is 0 Å². The van der Waals surface area contributed by atoms with Crippen LogP contribution in [-0.2, 0) is 13.1 Å². The number of β-amino-alcohol motifs (C(OH)–C–C–N with tert-alkyl or cyclic N) is 1. The average molecular weight is 342 g/mol. The summed E-state index contributed by atoms with van der Waals surface area (Å²) < 4.78 is 5.14. The average Bonchev–Trinajstić information content (AvgIpc) is 2.96. The summed E-state index contributed by atoms with van der Waals surface area (Å²) in [6.07, 6.45) is 0.491. The number of nitrogens with one attached hydrogen (secondary N) is 1. The van der Waals surface area contributed by atoms with Crippen LogP contribution >= 0.6 is 0 Å². The Morgan fingerprint density at radius 1 is 1.16 bits per heavy atom. The lowest BCUT2D eigenvalue weighted by atomic mass is 10.1. The Morgan fingerprint density at radius 3 is 2.72 bits per heavy atom. The van der Waals surface area contributed by atoms with Gasteiger partial charge in [0.05, 0.1) is 13.2 Å². The third-order valence-corrected chi connectivity index (χ3v) is 4.73. The fraction of sp³-hybridized carbons (Fsp3) is 0.400. The summed E-state index contributed by atoms with van der Waals surface area (Å²) in [6.45, 7) is 2.87. The number of aliphatic hydroxyl groups excluding tert-OH is 1. The van der Waals surface area contributed by atoms with Gasteiger partial charge in [-0.25, -0.2) is 0 Å². The van der Waals surface area contributed by atoms with Crippen molar-refractivity contribution >= 4 is 0 Å². The lowest BCUT2D eigenvalue weighted by Gasteiger charge is -2.24. The van der Waals surface area contributed by atoms with E-state index in [2.05, 4.69) is 22.3 Å². The number of nitrogens with zero attached hydrogens (tertiary/aromatic N) is 1. The minimum atomic E-state index is -0.277. The Labute approximate surface area is 148 Å². The molecule has 0 saturated carbocycles. The number of rotatable bonds is 7. The number of phenolic OH excluding ortho intramolecular Hbond substituents is 1. The van der Waals surface area contributed by atoms with Crippen LogP contribution in [0.25, 0.3) is 0 Å². The smallest absolute Gasteiger partial charge is 0.162 e. The van der Waals surface area contributed by atoms with Crippen molar-refractivity contribution in [2.45, 2.75) is 31.7 Å². The van der Waals surface area contributed by atoms with E-state index in [0.29, 0.717) is 18.8 Å². The Kier molecular flexibility index (Phi) is 5.91. The van der Waals surface area contributed by atoms with Crippen molar-refractivity contribution in [3.05, 3.63) is 59.7 Å². The van der Waals surface area contributed by atoms with Gasteiger partial charge in [0.1, 0.15) is 0 Å². The summed E-state index contributed by atoms with van der Waals surface area (Å²) >= 11 is 0. The van der Waals surface area contributed by atoms with Gasteiger partial charge in [-0.1, -0.05) is 42.5 Å². The van der Waals surface area contributed by atoms with Crippen LogP contribution in [0.15, 0.2) is 48.5 Å². The molecular formula is C20H26N2O3. The molecule has 1 heterocycles. The summed E-state index contributed by atoms with van der Waals surface area (Å²) in [5, 5.41) is 23.6. The molecular weight excluding hydrogens is 316 g/mol. The monoisotopic (exact) mass is 342 g/mol. The van der Waals surface area contributed by atoms with E-state index in [-0.39, 0.29) is 17.9 Å². The van der Waals surface area contributed by atoms with E-state index in [1.165, 1.54) is 5.56 Å². The van der Waals surface area contributed by atoms with Gasteiger partial charge in [-0.3, -0.25) is 4.90 Å². The predicted octanol–water partition coefficient (Wildman–Crippen LogP) is 2.13. The van der Waals surface area contributed by atoms with Crippen LogP contribution in [0.3, 0.4) is 0 Å². The molecule has 3 N–H and O–H groups in total. The molecule has 0 spiro atoms. The summed E-state index contributed by atoms with van der Waals surface area (Å²) in [7, 11) is 1.55. The topological polar surface area (TPSA) is 65.0 Å². The summed E-state index contributed by atoms with van der Waals surface area (Å²) in [5.41, 5.74) is 2.07. The number of hydrogen-bond acceptors (Lipinski definition) is 5. The largest absolute Gasteiger partial charge is 0.504 e. The summed E-state index contributed by atoms with van der Waals surface area (Å²) in [6, 6.07) is 16.1. The molecule has 2 atom stereocenters. The lowest BCUT2D eigenvalue weighted by Crippen LogP contribution is -2.37. The first kappa shape index (κ1) is 17.7. The number of methoxy groups -OCH3 is 1. The second kappa shape index (κ2) is 8.34. The highest BCUT2D eigenvalue weighted by Gasteiger charge is 2.30. The molecule has 0 bridgehead atoms. The Hall–Kier alpha value is -2.08. The molecule has 1 fully saturated rings. The minimum Gasteiger partial charge on any atom is -0.504 e. The van der Waals surface area contributed by atoms with Crippen LogP contribution in [0.4, 0.5) is 0 Å². The molecule has 2 unspecified atom stereocenters. The van der Waals surface area contributed by atoms with Gasteiger partial charge in [0.2, 0.25) is 0 Å². The van der Waals surface area contributed by atoms with Crippen molar-refractivity contribution in [2.75, 3.05) is 20.2 Å². The van der Waals surface area contributed by atoms with E-state index < -0.39 is 0 Å². The maximum Gasteiger partial charge on any atom is 0.162 e. The van der Waals surface area contributed by atoms with E-state index in [1.54, 1.807) is 13.2 Å². The number of aliphatic hydroxyl groups is 1. The third-order valence-electron chi connectivity index (χ3n) is 4.73. The zero-order chi connectivity index (χ0) is 17.6. The van der Waals surface area contributed by atoms with Crippen LogP contribution in [0, 0.1) is 0 Å². The lowest BCUT2D eigenvalue weighted by molar-refractivity contribution is 0.172. The molecule has 5 heteroatoms. The highest BCUT2D eigenvalue weighted by Crippen LogP contribution is 2.29. The van der Waals surface area contributed by atoms with Crippen LogP contribution in [0.1, 0.15) is 17.5 Å². The zero-order valence-corrected chi connectivity index (χ0v) is 14.6. The molecule has 2 aromatic rings. The number of hydrogen-bond donors (Lipinski definition) is 3. The SMILES string of the molecule is COc1cccc(CNCC2CC(O)CN2Cc2ccccc2)c1O. The van der Waals surface area contributed by atoms with Crippen LogP contribution < -0.4 is 10.1 Å². The van der Waals surface area contributed by atoms with E-state index >= 15 is 0 Å². The maximum atomic E-state index is 10.2. The molecule has 1 saturated heterocycles. The first-order chi connectivity index (χ1) is 12.2. The highest BCUT2D eigenvalue weighted by molar-refractivity contribution is 5.45. The van der Waals surface area contributed by atoms with Crippen molar-refractivity contribution in [1.29, 1.82) is 0 Å². The number of phenols is 1. The second-order valence-corrected chi connectivity index (χ2v) is 6.56. The van der Waals surface area contributed by atoms with Gasteiger partial charge < -0.3 is 20.3 Å². The maximum absolute atomic E-state index is 10.2. The first-order valence-corrected chi connectivity index (χ1v) is 8.69. The van der Waals surface area contributed by atoms with Gasteiger partial charge in [0.15, 0.2) is 11.5 Å². The Morgan fingerprint density at radius 2 is 1.96 bits per heavy atom. The predicted molar refractivity (Wildman–Crippen MR) is 97.6 cm³/mol. The van der Waals surface area contributed by atoms with Gasteiger partial charge in [0.25, 0.3) is 0 Å². The molecule has 1 aliphatic rings. The van der Waals surface area contributed by atoms with Crippen LogP contribution in [0.5, 0.6) is 11.5 Å². The van der Waals surface area contributed by atoms with E-state index in [0.717, 1.165) is 25.1 Å². The van der Waals surface area contributed by atoms with Gasteiger partial charge in [-0.15, -0.1) is 0 Å².